The summed E-state index contributed by atoms with van der Waals surface area (Å²) in [5.41, 5.74) is 5.30. The lowest BCUT2D eigenvalue weighted by Crippen LogP contribution is -2.31. The van der Waals surface area contributed by atoms with Crippen molar-refractivity contribution >= 4 is 34.4 Å². The molecule has 1 fully saturated rings. The van der Waals surface area contributed by atoms with E-state index in [2.05, 4.69) is 40.6 Å². The van der Waals surface area contributed by atoms with Crippen molar-refractivity contribution in [1.82, 2.24) is 14.8 Å². The first-order valence-corrected chi connectivity index (χ1v) is 15.9. The summed E-state index contributed by atoms with van der Waals surface area (Å²) in [4.78, 5) is 36.0. The maximum absolute atomic E-state index is 12.9. The normalized spacial score (nSPS) is 15.2. The van der Waals surface area contributed by atoms with Crippen molar-refractivity contribution in [2.24, 2.45) is 10.9 Å². The van der Waals surface area contributed by atoms with Gasteiger partial charge in [0.1, 0.15) is 12.1 Å². The zero-order chi connectivity index (χ0) is 33.0. The van der Waals surface area contributed by atoms with Crippen LogP contribution in [-0.2, 0) is 16.0 Å². The number of anilines is 1. The molecule has 1 saturated heterocycles. The number of aliphatic imine (C=N–C) groups is 1. The van der Waals surface area contributed by atoms with Gasteiger partial charge in [-0.2, -0.15) is 4.99 Å². The summed E-state index contributed by atoms with van der Waals surface area (Å²) in [6, 6.07) is 19.2. The number of nitrogens with zero attached hydrogens (tertiary/aromatic N) is 5. The van der Waals surface area contributed by atoms with Crippen molar-refractivity contribution in [2.75, 3.05) is 10.7 Å². The number of amidine groups is 1. The number of benzene rings is 3. The van der Waals surface area contributed by atoms with Crippen molar-refractivity contribution in [2.45, 2.75) is 59.2 Å². The van der Waals surface area contributed by atoms with E-state index in [0.717, 1.165) is 34.4 Å². The van der Waals surface area contributed by atoms with Crippen LogP contribution in [0, 0.1) is 12.8 Å². The lowest BCUT2D eigenvalue weighted by Gasteiger charge is -2.22. The minimum Gasteiger partial charge on any atom is -0.406 e. The van der Waals surface area contributed by atoms with Crippen LogP contribution in [-0.4, -0.2) is 43.9 Å². The highest BCUT2D eigenvalue weighted by atomic mass is 32.2. The third-order valence-electron chi connectivity index (χ3n) is 7.51. The van der Waals surface area contributed by atoms with E-state index in [0.29, 0.717) is 23.1 Å². The molecule has 2 heterocycles. The predicted molar refractivity (Wildman–Crippen MR) is 173 cm³/mol. The van der Waals surface area contributed by atoms with Crippen molar-refractivity contribution in [3.8, 4) is 22.8 Å². The van der Waals surface area contributed by atoms with E-state index in [1.165, 1.54) is 47.0 Å². The molecule has 240 valence electrons. The van der Waals surface area contributed by atoms with Crippen molar-refractivity contribution in [1.29, 1.82) is 0 Å². The molecule has 4 aromatic rings. The lowest BCUT2D eigenvalue weighted by atomic mass is 9.96. The number of carbonyl (C=O) groups is 2. The number of hydrogen-bond acceptors (Lipinski definition) is 6. The van der Waals surface area contributed by atoms with Crippen LogP contribution in [0.1, 0.15) is 56.2 Å². The highest BCUT2D eigenvalue weighted by molar-refractivity contribution is 8.15. The first-order chi connectivity index (χ1) is 21.9. The molecule has 12 heteroatoms. The Balaban J connectivity index is 1.16. The summed E-state index contributed by atoms with van der Waals surface area (Å²) in [7, 11) is 0. The average Bonchev–Trinajstić information content (AvgIpc) is 3.63. The second kappa shape index (κ2) is 13.9. The number of halogens is 3. The molecular formula is C34H34F3N5O3S. The summed E-state index contributed by atoms with van der Waals surface area (Å²) in [5.74, 6) is 0.536. The van der Waals surface area contributed by atoms with Crippen LogP contribution in [0.25, 0.3) is 17.1 Å². The van der Waals surface area contributed by atoms with Crippen molar-refractivity contribution < 1.29 is 27.5 Å². The molecule has 8 nitrogen and oxygen atoms in total. The van der Waals surface area contributed by atoms with E-state index in [1.54, 1.807) is 4.90 Å². The van der Waals surface area contributed by atoms with Gasteiger partial charge in [0, 0.05) is 12.0 Å². The summed E-state index contributed by atoms with van der Waals surface area (Å²) >= 11 is 1.30. The first-order valence-electron chi connectivity index (χ1n) is 14.9. The molecule has 0 N–H and O–H groups in total. The van der Waals surface area contributed by atoms with Crippen LogP contribution in [0.2, 0.25) is 0 Å². The third-order valence-corrected chi connectivity index (χ3v) is 8.43. The lowest BCUT2D eigenvalue weighted by molar-refractivity contribution is -0.274. The Morgan fingerprint density at radius 1 is 1.04 bits per heavy atom. The minimum atomic E-state index is -4.75. The van der Waals surface area contributed by atoms with Crippen LogP contribution in [0.5, 0.6) is 5.75 Å². The smallest absolute Gasteiger partial charge is 0.406 e. The van der Waals surface area contributed by atoms with E-state index in [-0.39, 0.29) is 41.6 Å². The number of carbonyl (C=O) groups excluding carboxylic acids is 2. The Morgan fingerprint density at radius 3 is 2.43 bits per heavy atom. The molecule has 0 bridgehead atoms. The summed E-state index contributed by atoms with van der Waals surface area (Å²) in [6.07, 6.45) is -1.57. The van der Waals surface area contributed by atoms with Gasteiger partial charge < -0.3 is 4.74 Å². The van der Waals surface area contributed by atoms with Gasteiger partial charge in [-0.25, -0.2) is 9.67 Å². The fraction of sp³-hybridized carbons (Fsp3) is 0.324. The molecule has 0 spiro atoms. The second-order valence-corrected chi connectivity index (χ2v) is 12.6. The molecule has 1 aliphatic rings. The van der Waals surface area contributed by atoms with E-state index in [4.69, 9.17) is 0 Å². The largest absolute Gasteiger partial charge is 0.573 e. The topological polar surface area (TPSA) is 89.7 Å². The van der Waals surface area contributed by atoms with Crippen LogP contribution < -0.4 is 9.64 Å². The number of aromatic nitrogens is 3. The van der Waals surface area contributed by atoms with Gasteiger partial charge in [-0.3, -0.25) is 14.5 Å². The Morgan fingerprint density at radius 2 is 1.76 bits per heavy atom. The van der Waals surface area contributed by atoms with Gasteiger partial charge in [-0.1, -0.05) is 68.9 Å². The summed E-state index contributed by atoms with van der Waals surface area (Å²) in [5, 5.41) is 4.89. The molecule has 3 aromatic carbocycles. The molecule has 1 unspecified atom stereocenters. The fourth-order valence-corrected chi connectivity index (χ4v) is 6.04. The zero-order valence-corrected chi connectivity index (χ0v) is 26.7. The van der Waals surface area contributed by atoms with Crippen molar-refractivity contribution in [3.63, 3.8) is 0 Å². The molecule has 2 amide bonds. The second-order valence-electron chi connectivity index (χ2n) is 11.6. The van der Waals surface area contributed by atoms with E-state index in [9.17, 15) is 22.8 Å². The van der Waals surface area contributed by atoms with Gasteiger partial charge >= 0.3 is 6.36 Å². The molecule has 0 radical (unpaired) electrons. The standard InChI is InChI=1S/C34H34F3N5O3S/c1-21(2)28-15-5-23(4)18-29(28)42-31(44)19-46-33(42)39-30(43)16-6-22(3)17-24-7-9-25(10-8-24)32-38-20-41(40-32)26-11-13-27(14-12-26)45-34(35,36)37/h5,7-15,18,20-22H,6,16-17,19H2,1-4H3. The monoisotopic (exact) mass is 649 g/mol. The third kappa shape index (κ3) is 8.22. The van der Waals surface area contributed by atoms with Crippen LogP contribution in [0.15, 0.2) is 78.0 Å². The molecule has 5 rings (SSSR count). The van der Waals surface area contributed by atoms with Gasteiger partial charge in [-0.15, -0.1) is 18.3 Å². The van der Waals surface area contributed by atoms with Gasteiger partial charge in [0.25, 0.3) is 0 Å². The zero-order valence-electron chi connectivity index (χ0n) is 25.9. The average molecular weight is 650 g/mol. The Hall–Kier alpha value is -4.45. The van der Waals surface area contributed by atoms with Gasteiger partial charge in [-0.05, 0) is 78.6 Å². The number of alkyl halides is 3. The Bertz CT molecular complexity index is 1730. The SMILES string of the molecule is Cc1ccc(C(C)C)c(N2C(=O)CSC2=NC(=O)CCC(C)Cc2ccc(-c3ncn(-c4ccc(OC(F)(F)F)cc4)n3)cc2)c1. The van der Waals surface area contributed by atoms with Crippen molar-refractivity contribution in [3.05, 3.63) is 89.7 Å². The molecule has 0 saturated carbocycles. The van der Waals surface area contributed by atoms with Crippen LogP contribution >= 0.6 is 11.8 Å². The highest BCUT2D eigenvalue weighted by Gasteiger charge is 2.33. The number of ether oxygens (including phenoxy) is 1. The number of rotatable bonds is 10. The van der Waals surface area contributed by atoms with E-state index < -0.39 is 6.36 Å². The van der Waals surface area contributed by atoms with Gasteiger partial charge in [0.2, 0.25) is 11.8 Å². The molecule has 0 aliphatic carbocycles. The molecule has 46 heavy (non-hydrogen) atoms. The predicted octanol–water partition coefficient (Wildman–Crippen LogP) is 7.89. The number of hydrogen-bond donors (Lipinski definition) is 0. The molecular weight excluding hydrogens is 615 g/mol. The van der Waals surface area contributed by atoms with E-state index >= 15 is 0 Å². The number of aryl methyl sites for hydroxylation is 1. The number of thioether (sulfide) groups is 1. The fourth-order valence-electron chi connectivity index (χ4n) is 5.16. The highest BCUT2D eigenvalue weighted by Crippen LogP contribution is 2.34. The maximum Gasteiger partial charge on any atom is 0.573 e. The van der Waals surface area contributed by atoms with Crippen LogP contribution in [0.4, 0.5) is 18.9 Å². The Kier molecular flexibility index (Phi) is 9.95. The first kappa shape index (κ1) is 32.9. The maximum atomic E-state index is 12.9. The van der Waals surface area contributed by atoms with Gasteiger partial charge in [0.15, 0.2) is 11.0 Å². The quantitative estimate of drug-likeness (QED) is 0.174. The molecule has 1 aromatic heterocycles. The van der Waals surface area contributed by atoms with Crippen LogP contribution in [0.3, 0.4) is 0 Å². The molecule has 1 atom stereocenters. The number of amides is 2. The van der Waals surface area contributed by atoms with Gasteiger partial charge in [0.05, 0.1) is 17.1 Å². The summed E-state index contributed by atoms with van der Waals surface area (Å²) in [6.45, 7) is 8.23. The van der Waals surface area contributed by atoms with E-state index in [1.807, 2.05) is 49.4 Å². The Labute approximate surface area is 269 Å². The summed E-state index contributed by atoms with van der Waals surface area (Å²) < 4.78 is 42.7. The molecule has 1 aliphatic heterocycles. The minimum absolute atomic E-state index is 0.0727.